The number of carbonyl (C=O) groups excluding carboxylic acids is 1. The highest BCUT2D eigenvalue weighted by molar-refractivity contribution is 6.30. The monoisotopic (exact) mass is 491 g/mol. The molecule has 2 heterocycles. The fourth-order valence-corrected chi connectivity index (χ4v) is 3.91. The van der Waals surface area contributed by atoms with Crippen molar-refractivity contribution in [1.82, 2.24) is 15.1 Å². The fourth-order valence-electron chi connectivity index (χ4n) is 3.79. The van der Waals surface area contributed by atoms with Gasteiger partial charge in [-0.2, -0.15) is 5.10 Å². The Bertz CT molecular complexity index is 1380. The number of rotatable bonds is 7. The van der Waals surface area contributed by atoms with Gasteiger partial charge in [-0.25, -0.2) is 4.68 Å². The lowest BCUT2D eigenvalue weighted by Gasteiger charge is -2.09. The molecule has 0 atom stereocenters. The second-order valence-electron chi connectivity index (χ2n) is 7.74. The van der Waals surface area contributed by atoms with E-state index in [-0.39, 0.29) is 12.7 Å². The van der Waals surface area contributed by atoms with E-state index in [1.165, 1.54) is 0 Å². The minimum atomic E-state index is -0.288. The summed E-state index contributed by atoms with van der Waals surface area (Å²) in [4.78, 5) is 13.3. The Hall–Kier alpha value is -4.17. The summed E-state index contributed by atoms with van der Waals surface area (Å²) in [5, 5.41) is 8.28. The van der Waals surface area contributed by atoms with Crippen molar-refractivity contribution < 1.29 is 23.7 Å². The Labute approximate surface area is 206 Å². The summed E-state index contributed by atoms with van der Waals surface area (Å²) in [5.41, 5.74) is 3.25. The smallest absolute Gasteiger partial charge is 0.270 e. The van der Waals surface area contributed by atoms with Crippen LogP contribution in [0.25, 0.3) is 16.9 Å². The van der Waals surface area contributed by atoms with Gasteiger partial charge in [0, 0.05) is 23.2 Å². The van der Waals surface area contributed by atoms with Crippen LogP contribution >= 0.6 is 11.6 Å². The normalized spacial score (nSPS) is 11.9. The van der Waals surface area contributed by atoms with Crippen LogP contribution in [0, 0.1) is 0 Å². The van der Waals surface area contributed by atoms with Crippen molar-refractivity contribution in [3.05, 3.63) is 83.0 Å². The first-order valence-electron chi connectivity index (χ1n) is 10.8. The van der Waals surface area contributed by atoms with Gasteiger partial charge in [0.05, 0.1) is 25.6 Å². The Morgan fingerprint density at radius 2 is 1.80 bits per heavy atom. The van der Waals surface area contributed by atoms with E-state index in [9.17, 15) is 4.79 Å². The second kappa shape index (κ2) is 9.60. The van der Waals surface area contributed by atoms with E-state index >= 15 is 0 Å². The topological polar surface area (TPSA) is 83.8 Å². The molecule has 0 saturated carbocycles. The lowest BCUT2D eigenvalue weighted by molar-refractivity contribution is 0.0943. The van der Waals surface area contributed by atoms with Crippen molar-refractivity contribution in [2.45, 2.75) is 6.54 Å². The van der Waals surface area contributed by atoms with Crippen molar-refractivity contribution >= 4 is 17.5 Å². The maximum absolute atomic E-state index is 13.3. The van der Waals surface area contributed by atoms with Crippen LogP contribution < -0.4 is 24.3 Å². The number of nitrogens with one attached hydrogen (secondary N) is 1. The predicted molar refractivity (Wildman–Crippen MR) is 131 cm³/mol. The Morgan fingerprint density at radius 1 is 1.00 bits per heavy atom. The molecule has 1 aromatic heterocycles. The largest absolute Gasteiger partial charge is 0.497 e. The van der Waals surface area contributed by atoms with Crippen LogP contribution in [0.4, 0.5) is 0 Å². The molecular formula is C26H22ClN3O5. The van der Waals surface area contributed by atoms with Gasteiger partial charge in [0.2, 0.25) is 6.79 Å². The van der Waals surface area contributed by atoms with Crippen molar-refractivity contribution in [1.29, 1.82) is 0 Å². The second-order valence-corrected chi connectivity index (χ2v) is 8.18. The number of ether oxygens (including phenoxy) is 4. The molecule has 0 aliphatic carbocycles. The third kappa shape index (κ3) is 4.61. The Morgan fingerprint density at radius 3 is 2.57 bits per heavy atom. The van der Waals surface area contributed by atoms with Crippen LogP contribution in [0.15, 0.2) is 66.7 Å². The van der Waals surface area contributed by atoms with Crippen molar-refractivity contribution in [2.24, 2.45) is 0 Å². The van der Waals surface area contributed by atoms with Gasteiger partial charge in [-0.05, 0) is 60.2 Å². The van der Waals surface area contributed by atoms with Gasteiger partial charge in [-0.15, -0.1) is 0 Å². The van der Waals surface area contributed by atoms with E-state index in [2.05, 4.69) is 5.32 Å². The Balaban J connectivity index is 1.48. The van der Waals surface area contributed by atoms with Gasteiger partial charge in [-0.3, -0.25) is 4.79 Å². The average molecular weight is 492 g/mol. The summed E-state index contributed by atoms with van der Waals surface area (Å²) in [7, 11) is 3.17. The average Bonchev–Trinajstić information content (AvgIpc) is 3.54. The number of methoxy groups -OCH3 is 2. The summed E-state index contributed by atoms with van der Waals surface area (Å²) in [6.45, 7) is 0.505. The summed E-state index contributed by atoms with van der Waals surface area (Å²) in [5.74, 6) is 2.31. The van der Waals surface area contributed by atoms with Gasteiger partial charge in [0.1, 0.15) is 17.2 Å². The molecule has 0 spiro atoms. The van der Waals surface area contributed by atoms with Crippen molar-refractivity contribution in [2.75, 3.05) is 21.0 Å². The van der Waals surface area contributed by atoms with Crippen molar-refractivity contribution in [3.8, 4) is 39.9 Å². The molecule has 0 fully saturated rings. The lowest BCUT2D eigenvalue weighted by atomic mass is 10.1. The highest BCUT2D eigenvalue weighted by Crippen LogP contribution is 2.34. The zero-order chi connectivity index (χ0) is 24.4. The number of fused-ring (bicyclic) bond motifs is 1. The van der Waals surface area contributed by atoms with Crippen LogP contribution in [0.2, 0.25) is 5.02 Å². The third-order valence-corrected chi connectivity index (χ3v) is 5.84. The maximum atomic E-state index is 13.3. The molecular weight excluding hydrogens is 470 g/mol. The van der Waals surface area contributed by atoms with Crippen LogP contribution in [0.1, 0.15) is 16.1 Å². The van der Waals surface area contributed by atoms with E-state index in [0.717, 1.165) is 11.1 Å². The molecule has 5 rings (SSSR count). The molecule has 0 radical (unpaired) electrons. The van der Waals surface area contributed by atoms with E-state index in [1.54, 1.807) is 55.3 Å². The summed E-state index contributed by atoms with van der Waals surface area (Å²) in [6, 6.07) is 19.8. The third-order valence-electron chi connectivity index (χ3n) is 5.59. The van der Waals surface area contributed by atoms with Gasteiger partial charge >= 0.3 is 0 Å². The number of halogens is 1. The molecule has 0 unspecified atom stereocenters. The van der Waals surface area contributed by atoms with Crippen LogP contribution in [0.5, 0.6) is 23.0 Å². The molecule has 0 saturated heterocycles. The molecule has 1 amide bonds. The minimum Gasteiger partial charge on any atom is -0.497 e. The zero-order valence-electron chi connectivity index (χ0n) is 19.1. The number of carbonyl (C=O) groups is 1. The van der Waals surface area contributed by atoms with Crippen molar-refractivity contribution in [3.63, 3.8) is 0 Å². The van der Waals surface area contributed by atoms with Gasteiger partial charge in [-0.1, -0.05) is 17.7 Å². The SMILES string of the molecule is COc1ccc(-c2cc(C(=O)NCc3ccc4c(c3)OCO4)n(-c3ccc(Cl)cc3)n2)c(OC)c1. The molecule has 1 aliphatic rings. The first-order valence-corrected chi connectivity index (χ1v) is 11.2. The summed E-state index contributed by atoms with van der Waals surface area (Å²) >= 11 is 6.07. The molecule has 1 N–H and O–H groups in total. The van der Waals surface area contributed by atoms with Crippen LogP contribution in [0.3, 0.4) is 0 Å². The highest BCUT2D eigenvalue weighted by Gasteiger charge is 2.20. The predicted octanol–water partition coefficient (Wildman–Crippen LogP) is 4.87. The van der Waals surface area contributed by atoms with E-state index in [4.69, 9.17) is 35.6 Å². The molecule has 35 heavy (non-hydrogen) atoms. The van der Waals surface area contributed by atoms with E-state index < -0.39 is 0 Å². The molecule has 0 bridgehead atoms. The van der Waals surface area contributed by atoms with Crippen LogP contribution in [-0.4, -0.2) is 36.7 Å². The minimum absolute atomic E-state index is 0.197. The van der Waals surface area contributed by atoms with Gasteiger partial charge in [0.15, 0.2) is 11.5 Å². The van der Waals surface area contributed by atoms with Gasteiger partial charge < -0.3 is 24.3 Å². The number of benzene rings is 3. The van der Waals surface area contributed by atoms with Gasteiger partial charge in [0.25, 0.3) is 5.91 Å². The number of amides is 1. The van der Waals surface area contributed by atoms with E-state index in [0.29, 0.717) is 51.6 Å². The first kappa shape index (κ1) is 22.6. The number of hydrogen-bond donors (Lipinski definition) is 1. The Kier molecular flexibility index (Phi) is 6.20. The zero-order valence-corrected chi connectivity index (χ0v) is 19.8. The maximum Gasteiger partial charge on any atom is 0.270 e. The van der Waals surface area contributed by atoms with E-state index in [1.807, 2.05) is 30.3 Å². The summed E-state index contributed by atoms with van der Waals surface area (Å²) < 4.78 is 23.2. The standard InChI is InChI=1S/C26H22ClN3O5/c1-32-19-8-9-20(24(12-19)33-2)21-13-22(30(29-21)18-6-4-17(27)5-7-18)26(31)28-14-16-3-10-23-25(11-16)35-15-34-23/h3-13H,14-15H2,1-2H3,(H,28,31). The first-order chi connectivity index (χ1) is 17.1. The molecule has 8 nitrogen and oxygen atoms in total. The quantitative estimate of drug-likeness (QED) is 0.397. The number of hydrogen-bond acceptors (Lipinski definition) is 6. The molecule has 178 valence electrons. The molecule has 9 heteroatoms. The highest BCUT2D eigenvalue weighted by atomic mass is 35.5. The molecule has 4 aromatic rings. The number of nitrogens with zero attached hydrogens (tertiary/aromatic N) is 2. The van der Waals surface area contributed by atoms with Crippen LogP contribution in [-0.2, 0) is 6.54 Å². The summed E-state index contributed by atoms with van der Waals surface area (Å²) in [6.07, 6.45) is 0. The number of aromatic nitrogens is 2. The molecule has 1 aliphatic heterocycles. The molecule has 3 aromatic carbocycles. The fraction of sp³-hybridized carbons (Fsp3) is 0.154. The lowest BCUT2D eigenvalue weighted by Crippen LogP contribution is -2.25.